The van der Waals surface area contributed by atoms with Gasteiger partial charge in [0.1, 0.15) is 41.7 Å². The fourth-order valence-corrected chi connectivity index (χ4v) is 14.9. The summed E-state index contributed by atoms with van der Waals surface area (Å²) in [6.45, 7) is 21.8. The highest BCUT2D eigenvalue weighted by atomic mass is 16.7. The maximum atomic E-state index is 14.7. The summed E-state index contributed by atoms with van der Waals surface area (Å²) >= 11 is 0. The van der Waals surface area contributed by atoms with E-state index in [4.69, 9.17) is 37.9 Å². The number of ether oxygens (including phenoxy) is 8. The lowest BCUT2D eigenvalue weighted by Crippen LogP contribution is -2.61. The number of piperidine rings is 1. The molecule has 0 aromatic rings. The Bertz CT molecular complexity index is 2450. The van der Waals surface area contributed by atoms with Crippen LogP contribution in [0.1, 0.15) is 172 Å². The first kappa shape index (κ1) is 66.6. The van der Waals surface area contributed by atoms with Crippen LogP contribution in [0.15, 0.2) is 47.6 Å². The fourth-order valence-electron chi connectivity index (χ4n) is 14.9. The summed E-state index contributed by atoms with van der Waals surface area (Å²) in [5.41, 5.74) is 0.127. The molecule has 4 bridgehead atoms. The average molecular weight is 1160 g/mol. The van der Waals surface area contributed by atoms with Gasteiger partial charge in [0.2, 0.25) is 5.79 Å². The molecule has 4 heterocycles. The molecule has 1 spiro atoms. The van der Waals surface area contributed by atoms with Gasteiger partial charge in [-0.1, -0.05) is 91.8 Å². The van der Waals surface area contributed by atoms with Crippen LogP contribution in [-0.2, 0) is 66.7 Å². The van der Waals surface area contributed by atoms with E-state index >= 15 is 0 Å². The van der Waals surface area contributed by atoms with Crippen LogP contribution < -0.4 is 0 Å². The topological polar surface area (TPSA) is 220 Å². The van der Waals surface area contributed by atoms with E-state index in [1.54, 1.807) is 41.1 Å². The summed E-state index contributed by atoms with van der Waals surface area (Å²) in [5, 5.41) is 23.7. The number of allylic oxidation sites excluding steroid dienone is 6. The van der Waals surface area contributed by atoms with Gasteiger partial charge in [-0.2, -0.15) is 0 Å². The number of carbonyl (C=O) groups is 6. The Balaban J connectivity index is 1.10. The summed E-state index contributed by atoms with van der Waals surface area (Å²) < 4.78 is 49.7. The minimum Gasteiger partial charge on any atom is -0.460 e. The molecule has 2 unspecified atom stereocenters. The van der Waals surface area contributed by atoms with Crippen LogP contribution in [0.4, 0.5) is 0 Å². The highest BCUT2D eigenvalue weighted by molar-refractivity contribution is 6.39. The maximum Gasteiger partial charge on any atom is 0.329 e. The molecule has 83 heavy (non-hydrogen) atoms. The van der Waals surface area contributed by atoms with Crippen LogP contribution in [0.5, 0.6) is 0 Å². The van der Waals surface area contributed by atoms with Crippen molar-refractivity contribution in [3.8, 4) is 0 Å². The largest absolute Gasteiger partial charge is 0.460 e. The number of fused-ring (bicyclic) bond motifs is 6. The zero-order valence-corrected chi connectivity index (χ0v) is 52.4. The second-order valence-corrected chi connectivity index (χ2v) is 27.4. The van der Waals surface area contributed by atoms with E-state index in [9.17, 15) is 39.0 Å². The number of Topliss-reactive ketones (excluding diaryl/α,β-unsaturated/α-hetero) is 3. The Morgan fingerprint density at radius 1 is 0.819 bits per heavy atom. The molecule has 4 aliphatic heterocycles. The second-order valence-electron chi connectivity index (χ2n) is 27.4. The molecule has 466 valence electrons. The smallest absolute Gasteiger partial charge is 0.329 e. The molecular weight excluding hydrogens is 1060 g/mol. The zero-order chi connectivity index (χ0) is 61.0. The fraction of sp³-hybridized carbons (Fsp3) is 0.788. The number of cyclic esters (lactones) is 1. The van der Waals surface area contributed by atoms with Crippen molar-refractivity contribution in [2.75, 3.05) is 41.1 Å². The number of aliphatic hydroxyl groups excluding tert-OH is 1. The van der Waals surface area contributed by atoms with Gasteiger partial charge in [-0.05, 0) is 138 Å². The number of rotatable bonds is 8. The average Bonchev–Trinajstić information content (AvgIpc) is 1.65. The highest BCUT2D eigenvalue weighted by Crippen LogP contribution is 2.72. The lowest BCUT2D eigenvalue weighted by molar-refractivity contribution is -0.346. The molecule has 17 heteroatoms. The van der Waals surface area contributed by atoms with Gasteiger partial charge < -0.3 is 53.0 Å². The van der Waals surface area contributed by atoms with E-state index in [1.807, 2.05) is 65.0 Å². The lowest BCUT2D eigenvalue weighted by atomic mass is 9.68. The van der Waals surface area contributed by atoms with E-state index in [-0.39, 0.29) is 66.8 Å². The number of nitrogens with zero attached hydrogens (tertiary/aromatic N) is 1. The number of hydrogen-bond donors (Lipinski definition) is 2. The molecule has 1 amide bonds. The third-order valence-electron chi connectivity index (χ3n) is 21.2. The monoisotopic (exact) mass is 1160 g/mol. The van der Waals surface area contributed by atoms with E-state index in [0.29, 0.717) is 75.7 Å². The minimum atomic E-state index is -2.46. The first-order chi connectivity index (χ1) is 39.1. The van der Waals surface area contributed by atoms with Crippen LogP contribution in [-0.4, -0.2) is 152 Å². The predicted molar refractivity (Wildman–Crippen MR) is 311 cm³/mol. The third kappa shape index (κ3) is 14.1. The summed E-state index contributed by atoms with van der Waals surface area (Å²) in [6.07, 6.45) is 13.5. The molecule has 2 N–H and O–H groups in total. The number of esters is 2. The Morgan fingerprint density at radius 3 is 2.17 bits per heavy atom. The second kappa shape index (κ2) is 27.4. The van der Waals surface area contributed by atoms with Crippen LogP contribution >= 0.6 is 0 Å². The first-order valence-corrected chi connectivity index (χ1v) is 31.1. The van der Waals surface area contributed by atoms with Crippen molar-refractivity contribution >= 4 is 35.2 Å². The minimum absolute atomic E-state index is 0.000672. The number of ketones is 3. The van der Waals surface area contributed by atoms with Gasteiger partial charge in [0.25, 0.3) is 11.7 Å². The highest BCUT2D eigenvalue weighted by Gasteiger charge is 2.72. The van der Waals surface area contributed by atoms with Crippen molar-refractivity contribution in [2.45, 2.75) is 233 Å². The standard InChI is InChI=1S/C66H101NO16/c1-39-20-16-15-17-21-40(2)52(76-12)34-48-25-23-45(7)66(75,83-48)58(71)59(72)67-29-19-18-22-49(67)60(73)81-53(35-50(68)41(3)31-44(6)56(70)57(78-14)55(69)43(5)30-39)42(4)32-46-24-26-51(54(33-46)77-13)82-61(74)63(10)37-79-65(80-38-63)36-47-27-28-64(65,11)62(47,8)9/h15-17,20-21,31,39,41-43,45-49,51-54,56-57,70,75H,18-19,22-30,32-38H2,1-14H3/b17-15?,20-16+,40-21?,44-31+/t39-,41-,42-,43-,45-,46+,47?,48+,49+,51-,52+,53+,54-,56-,57+,63?,64?,65?,66-/m1/s1. The van der Waals surface area contributed by atoms with Crippen LogP contribution in [0, 0.1) is 57.7 Å². The zero-order valence-electron chi connectivity index (χ0n) is 52.4. The molecule has 6 fully saturated rings. The molecule has 17 atom stereocenters. The number of hydrogen-bond acceptors (Lipinski definition) is 16. The van der Waals surface area contributed by atoms with Crippen LogP contribution in [0.2, 0.25) is 0 Å². The number of carbonyl (C=O) groups excluding carboxylic acids is 6. The van der Waals surface area contributed by atoms with E-state index in [2.05, 4.69) is 20.8 Å². The van der Waals surface area contributed by atoms with E-state index in [0.717, 1.165) is 24.8 Å². The molecule has 3 saturated carbocycles. The van der Waals surface area contributed by atoms with Crippen molar-refractivity contribution in [2.24, 2.45) is 57.7 Å². The summed E-state index contributed by atoms with van der Waals surface area (Å²) in [7, 11) is 4.56. The Labute approximate surface area is 494 Å². The van der Waals surface area contributed by atoms with Crippen LogP contribution in [0.25, 0.3) is 0 Å². The maximum absolute atomic E-state index is 14.7. The molecule has 7 aliphatic rings. The summed E-state index contributed by atoms with van der Waals surface area (Å²) in [6, 6.07) is -1.19. The SMILES string of the molecule is CO[C@H]1C[C@@H]2CC[C@@H](C)[C@@](O)(O2)C(=O)C(=O)N2CCCC[C@H]2C(=O)O[C@H]([C@H](C)C[C@@H]2CC[C@@H](OC(=O)C3(C)COC4(CC5CCC4(C)C5(C)C)OC3)[C@H](OC)C2)CC(=O)[C@H](C)/C=C(\C)[C@@H](O)[C@@H](OC)C(=O)[C@H](C)C[C@H](C)/C=C/C=CC=C1C. The molecule has 3 saturated heterocycles. The Hall–Kier alpha value is -3.94. The number of aliphatic hydroxyl groups is 2. The first-order valence-electron chi connectivity index (χ1n) is 31.1. The van der Waals surface area contributed by atoms with Gasteiger partial charge in [0.15, 0.2) is 11.6 Å². The molecule has 3 aliphatic carbocycles. The van der Waals surface area contributed by atoms with Gasteiger partial charge in [0.05, 0.1) is 31.5 Å². The quantitative estimate of drug-likeness (QED) is 0.131. The normalized spacial score (nSPS) is 42.5. The molecule has 0 aromatic carbocycles. The summed E-state index contributed by atoms with van der Waals surface area (Å²) in [5.74, 6) is -9.01. The predicted octanol–water partition coefficient (Wildman–Crippen LogP) is 9.33. The lowest BCUT2D eigenvalue weighted by Gasteiger charge is -2.52. The molecule has 17 nitrogen and oxygen atoms in total. The van der Waals surface area contributed by atoms with Gasteiger partial charge in [0, 0.05) is 70.3 Å². The molecule has 0 radical (unpaired) electrons. The van der Waals surface area contributed by atoms with E-state index in [1.165, 1.54) is 12.0 Å². The molecule has 7 rings (SSSR count). The van der Waals surface area contributed by atoms with E-state index < -0.39 is 113 Å². The number of amides is 1. The van der Waals surface area contributed by atoms with Crippen molar-refractivity contribution < 1.29 is 76.9 Å². The van der Waals surface area contributed by atoms with Crippen molar-refractivity contribution in [1.29, 1.82) is 0 Å². The van der Waals surface area contributed by atoms with Crippen molar-refractivity contribution in [3.63, 3.8) is 0 Å². The van der Waals surface area contributed by atoms with Crippen molar-refractivity contribution in [3.05, 3.63) is 47.6 Å². The van der Waals surface area contributed by atoms with Gasteiger partial charge in [-0.25, -0.2) is 4.79 Å². The van der Waals surface area contributed by atoms with Gasteiger partial charge >= 0.3 is 11.9 Å². The Morgan fingerprint density at radius 2 is 1.53 bits per heavy atom. The summed E-state index contributed by atoms with van der Waals surface area (Å²) in [4.78, 5) is 87.3. The number of methoxy groups -OCH3 is 3. The Kier molecular flexibility index (Phi) is 22.0. The van der Waals surface area contributed by atoms with Crippen molar-refractivity contribution in [1.82, 2.24) is 4.90 Å². The molecular formula is C66H101NO16. The van der Waals surface area contributed by atoms with Gasteiger partial charge in [-0.3, -0.25) is 24.0 Å². The third-order valence-corrected chi connectivity index (χ3v) is 21.2. The van der Waals surface area contributed by atoms with Gasteiger partial charge in [-0.15, -0.1) is 0 Å². The molecule has 0 aromatic heterocycles. The van der Waals surface area contributed by atoms with Crippen LogP contribution in [0.3, 0.4) is 0 Å².